The quantitative estimate of drug-likeness (QED) is 0.816. The van der Waals surface area contributed by atoms with E-state index in [1.54, 1.807) is 24.3 Å². The summed E-state index contributed by atoms with van der Waals surface area (Å²) in [4.78, 5) is -0.577. The number of hydrogen-bond donors (Lipinski definition) is 1. The molecule has 2 aromatic rings. The maximum absolute atomic E-state index is 12.4. The highest BCUT2D eigenvalue weighted by molar-refractivity contribution is 9.10. The van der Waals surface area contributed by atoms with Crippen LogP contribution in [0.25, 0.3) is 0 Å². The van der Waals surface area contributed by atoms with E-state index >= 15 is 0 Å². The van der Waals surface area contributed by atoms with E-state index in [-0.39, 0.29) is 6.54 Å². The smallest absolute Gasteiger partial charge is 0.404 e. The fourth-order valence-corrected chi connectivity index (χ4v) is 3.38. The Morgan fingerprint density at radius 3 is 2.43 bits per heavy atom. The lowest BCUT2D eigenvalue weighted by molar-refractivity contribution is -0.275. The largest absolute Gasteiger partial charge is 0.573 e. The minimum Gasteiger partial charge on any atom is -0.404 e. The summed E-state index contributed by atoms with van der Waals surface area (Å²) in [6.07, 6.45) is -4.98. The molecule has 0 aliphatic carbocycles. The Bertz CT molecular complexity index is 794. The van der Waals surface area contributed by atoms with Crippen molar-refractivity contribution in [1.29, 1.82) is 0 Å². The van der Waals surface area contributed by atoms with Crippen molar-refractivity contribution in [3.63, 3.8) is 0 Å². The van der Waals surface area contributed by atoms with Gasteiger partial charge in [-0.05, 0) is 29.8 Å². The molecule has 1 N–H and O–H groups in total. The van der Waals surface area contributed by atoms with Gasteiger partial charge in [0.05, 0.1) is 0 Å². The molecule has 0 aliphatic rings. The molecule has 0 unspecified atom stereocenters. The molecule has 0 atom stereocenters. The van der Waals surface area contributed by atoms with Crippen LogP contribution in [0.15, 0.2) is 57.9 Å². The molecule has 0 radical (unpaired) electrons. The molecule has 0 amide bonds. The monoisotopic (exact) mass is 409 g/mol. The molecule has 124 valence electrons. The van der Waals surface area contributed by atoms with Gasteiger partial charge in [0.15, 0.2) is 0 Å². The average Bonchev–Trinajstić information content (AvgIpc) is 2.44. The topological polar surface area (TPSA) is 55.4 Å². The van der Waals surface area contributed by atoms with Gasteiger partial charge in [-0.2, -0.15) is 0 Å². The van der Waals surface area contributed by atoms with Crippen molar-refractivity contribution in [3.8, 4) is 5.75 Å². The molecule has 0 bridgehead atoms. The van der Waals surface area contributed by atoms with Crippen LogP contribution >= 0.6 is 15.9 Å². The third-order valence-electron chi connectivity index (χ3n) is 2.72. The molecule has 23 heavy (non-hydrogen) atoms. The minimum atomic E-state index is -4.98. The van der Waals surface area contributed by atoms with Gasteiger partial charge in [-0.25, -0.2) is 13.1 Å². The second-order valence-corrected chi connectivity index (χ2v) is 7.10. The molecule has 0 aliphatic heterocycles. The number of hydrogen-bond acceptors (Lipinski definition) is 3. The maximum atomic E-state index is 12.4. The van der Waals surface area contributed by atoms with Crippen molar-refractivity contribution < 1.29 is 26.3 Å². The van der Waals surface area contributed by atoms with E-state index in [2.05, 4.69) is 25.4 Å². The van der Waals surface area contributed by atoms with E-state index in [1.807, 2.05) is 0 Å². The number of para-hydroxylation sites is 1. The molecule has 4 nitrogen and oxygen atoms in total. The second kappa shape index (κ2) is 6.90. The summed E-state index contributed by atoms with van der Waals surface area (Å²) < 4.78 is 68.3. The molecule has 0 spiro atoms. The normalized spacial score (nSPS) is 12.2. The SMILES string of the molecule is O=S(=O)(NCc1cccc(Br)c1)c1ccccc1OC(F)(F)F. The summed E-state index contributed by atoms with van der Waals surface area (Å²) >= 11 is 3.25. The molecule has 0 aromatic heterocycles. The van der Waals surface area contributed by atoms with E-state index in [0.717, 1.165) is 16.6 Å². The van der Waals surface area contributed by atoms with Gasteiger partial charge in [-0.15, -0.1) is 13.2 Å². The highest BCUT2D eigenvalue weighted by atomic mass is 79.9. The van der Waals surface area contributed by atoms with Crippen molar-refractivity contribution >= 4 is 26.0 Å². The number of rotatable bonds is 5. The summed E-state index contributed by atoms with van der Waals surface area (Å²) in [5, 5.41) is 0. The van der Waals surface area contributed by atoms with Crippen LogP contribution in [0.5, 0.6) is 5.75 Å². The number of ether oxygens (including phenoxy) is 1. The fraction of sp³-hybridized carbons (Fsp3) is 0.143. The Hall–Kier alpha value is -1.58. The Labute approximate surface area is 139 Å². The van der Waals surface area contributed by atoms with E-state index in [0.29, 0.717) is 5.56 Å². The van der Waals surface area contributed by atoms with Crippen LogP contribution in [0.1, 0.15) is 5.56 Å². The number of sulfonamides is 1. The van der Waals surface area contributed by atoms with Gasteiger partial charge in [0.25, 0.3) is 0 Å². The van der Waals surface area contributed by atoms with Gasteiger partial charge in [0.2, 0.25) is 10.0 Å². The molecular formula is C14H11BrF3NO3S. The Kier molecular flexibility index (Phi) is 5.33. The number of nitrogens with one attached hydrogen (secondary N) is 1. The lowest BCUT2D eigenvalue weighted by Gasteiger charge is -2.14. The maximum Gasteiger partial charge on any atom is 0.573 e. The lowest BCUT2D eigenvalue weighted by atomic mass is 10.2. The zero-order chi connectivity index (χ0) is 17.1. The van der Waals surface area contributed by atoms with E-state index in [9.17, 15) is 21.6 Å². The third kappa shape index (κ3) is 5.22. The first kappa shape index (κ1) is 17.8. The Morgan fingerprint density at radius 1 is 1.09 bits per heavy atom. The first-order valence-electron chi connectivity index (χ1n) is 6.26. The summed E-state index contributed by atoms with van der Waals surface area (Å²) in [5.74, 6) is -0.776. The highest BCUT2D eigenvalue weighted by Crippen LogP contribution is 2.29. The van der Waals surface area contributed by atoms with Gasteiger partial charge in [0.1, 0.15) is 10.6 Å². The van der Waals surface area contributed by atoms with Crippen LogP contribution in [0.3, 0.4) is 0 Å². The summed E-state index contributed by atoms with van der Waals surface area (Å²) in [5.41, 5.74) is 0.650. The molecule has 0 saturated heterocycles. The molecule has 2 rings (SSSR count). The first-order chi connectivity index (χ1) is 10.7. The zero-order valence-electron chi connectivity index (χ0n) is 11.5. The summed E-state index contributed by atoms with van der Waals surface area (Å²) in [6.45, 7) is -0.0673. The summed E-state index contributed by atoms with van der Waals surface area (Å²) in [6, 6.07) is 11.4. The Morgan fingerprint density at radius 2 is 1.78 bits per heavy atom. The van der Waals surface area contributed by atoms with Crippen molar-refractivity contribution in [2.75, 3.05) is 0 Å². The molecule has 0 saturated carbocycles. The third-order valence-corrected chi connectivity index (χ3v) is 4.65. The van der Waals surface area contributed by atoms with Crippen molar-refractivity contribution in [2.24, 2.45) is 0 Å². The predicted molar refractivity (Wildman–Crippen MR) is 81.3 cm³/mol. The van der Waals surface area contributed by atoms with Gasteiger partial charge >= 0.3 is 6.36 Å². The average molecular weight is 410 g/mol. The number of benzene rings is 2. The summed E-state index contributed by atoms with van der Waals surface area (Å²) in [7, 11) is -4.16. The van der Waals surface area contributed by atoms with Crippen LogP contribution in [0.4, 0.5) is 13.2 Å². The van der Waals surface area contributed by atoms with Crippen molar-refractivity contribution in [3.05, 3.63) is 58.6 Å². The number of alkyl halides is 3. The minimum absolute atomic E-state index is 0.0673. The first-order valence-corrected chi connectivity index (χ1v) is 8.54. The van der Waals surface area contributed by atoms with Crippen molar-refractivity contribution in [2.45, 2.75) is 17.8 Å². The fourth-order valence-electron chi connectivity index (χ4n) is 1.78. The van der Waals surface area contributed by atoms with Crippen LogP contribution in [0, 0.1) is 0 Å². The van der Waals surface area contributed by atoms with Crippen molar-refractivity contribution in [1.82, 2.24) is 4.72 Å². The van der Waals surface area contributed by atoms with E-state index in [4.69, 9.17) is 0 Å². The van der Waals surface area contributed by atoms with E-state index < -0.39 is 27.0 Å². The van der Waals surface area contributed by atoms with Gasteiger partial charge in [0, 0.05) is 11.0 Å². The zero-order valence-corrected chi connectivity index (χ0v) is 13.9. The van der Waals surface area contributed by atoms with E-state index in [1.165, 1.54) is 12.1 Å². The highest BCUT2D eigenvalue weighted by Gasteiger charge is 2.33. The molecule has 0 heterocycles. The number of halogens is 4. The van der Waals surface area contributed by atoms with Crippen LogP contribution in [-0.2, 0) is 16.6 Å². The van der Waals surface area contributed by atoms with Crippen LogP contribution in [-0.4, -0.2) is 14.8 Å². The molecule has 0 fully saturated rings. The van der Waals surface area contributed by atoms with Crippen LogP contribution in [0.2, 0.25) is 0 Å². The van der Waals surface area contributed by atoms with Gasteiger partial charge < -0.3 is 4.74 Å². The standard InChI is InChI=1S/C14H11BrF3NO3S/c15-11-5-3-4-10(8-11)9-19-23(20,21)13-7-2-1-6-12(13)22-14(16,17)18/h1-8,19H,9H2. The van der Waals surface area contributed by atoms with Crippen LogP contribution < -0.4 is 9.46 Å². The molecule has 9 heteroatoms. The second-order valence-electron chi connectivity index (χ2n) is 4.45. The van der Waals surface area contributed by atoms with Gasteiger partial charge in [-0.1, -0.05) is 40.2 Å². The lowest BCUT2D eigenvalue weighted by Crippen LogP contribution is -2.25. The molecular weight excluding hydrogens is 399 g/mol. The van der Waals surface area contributed by atoms with Gasteiger partial charge in [-0.3, -0.25) is 0 Å². The predicted octanol–water partition coefficient (Wildman–Crippen LogP) is 3.83. The Balaban J connectivity index is 2.23. The molecule has 2 aromatic carbocycles.